The van der Waals surface area contributed by atoms with E-state index in [0.717, 1.165) is 27.7 Å². The predicted octanol–water partition coefficient (Wildman–Crippen LogP) is 5.26. The Morgan fingerprint density at radius 2 is 1.03 bits per heavy atom. The van der Waals surface area contributed by atoms with Gasteiger partial charge in [-0.2, -0.15) is 0 Å². The van der Waals surface area contributed by atoms with Crippen molar-refractivity contribution in [1.29, 1.82) is 0 Å². The molecule has 0 aromatic heterocycles. The number of rotatable bonds is 7. The molecule has 0 fully saturated rings. The first-order valence-corrected chi connectivity index (χ1v) is 14.7. The maximum atomic E-state index is 13.0. The average molecular weight is 483 g/mol. The minimum atomic E-state index is -4.02. The zero-order chi connectivity index (χ0) is 22.7. The van der Waals surface area contributed by atoms with Crippen LogP contribution in [0.15, 0.2) is 115 Å². The van der Waals surface area contributed by atoms with Gasteiger partial charge in [-0.1, -0.05) is 0 Å². The van der Waals surface area contributed by atoms with Crippen molar-refractivity contribution < 1.29 is 12.4 Å². The van der Waals surface area contributed by atoms with Gasteiger partial charge < -0.3 is 0 Å². The van der Waals surface area contributed by atoms with Crippen molar-refractivity contribution >= 4 is 44.5 Å². The van der Waals surface area contributed by atoms with Crippen molar-refractivity contribution in [3.63, 3.8) is 0 Å². The van der Waals surface area contributed by atoms with Gasteiger partial charge in [-0.25, -0.2) is 0 Å². The van der Waals surface area contributed by atoms with E-state index in [1.165, 1.54) is 0 Å². The molecule has 32 heavy (non-hydrogen) atoms. The quantitative estimate of drug-likeness (QED) is 0.337. The second-order valence-electron chi connectivity index (χ2n) is 7.78. The topological polar surface area (TPSA) is 43.4 Å². The maximum absolute atomic E-state index is 13.0. The van der Waals surface area contributed by atoms with E-state index in [0.29, 0.717) is 11.2 Å². The van der Waals surface area contributed by atoms with E-state index < -0.39 is 16.9 Å². The Balaban J connectivity index is 2.21. The van der Waals surface area contributed by atoms with Gasteiger partial charge in [0.1, 0.15) is 0 Å². The van der Waals surface area contributed by atoms with Crippen LogP contribution in [-0.4, -0.2) is 14.7 Å². The van der Waals surface area contributed by atoms with Gasteiger partial charge in [0, 0.05) is 0 Å². The van der Waals surface area contributed by atoms with Gasteiger partial charge in [0.05, 0.1) is 0 Å². The summed E-state index contributed by atoms with van der Waals surface area (Å²) in [5.41, 5.74) is 0.937. The Morgan fingerprint density at radius 1 is 0.656 bits per heavy atom. The van der Waals surface area contributed by atoms with Gasteiger partial charge in [0.2, 0.25) is 0 Å². The zero-order valence-corrected chi connectivity index (χ0v) is 20.1. The molecule has 0 saturated heterocycles. The second-order valence-corrected chi connectivity index (χ2v) is 14.5. The molecule has 0 unspecified atom stereocenters. The Kier molecular flexibility index (Phi) is 6.24. The van der Waals surface area contributed by atoms with Crippen molar-refractivity contribution in [2.24, 2.45) is 0 Å². The first kappa shape index (κ1) is 22.7. The van der Waals surface area contributed by atoms with Crippen molar-refractivity contribution in [3.8, 4) is 0 Å². The fourth-order valence-corrected chi connectivity index (χ4v) is 12.9. The van der Waals surface area contributed by atoms with E-state index in [1.54, 1.807) is 0 Å². The van der Waals surface area contributed by atoms with Crippen LogP contribution in [0.25, 0.3) is 0 Å². The normalized spacial score (nSPS) is 13.2. The molecular weight excluding hydrogens is 459 g/mol. The van der Waals surface area contributed by atoms with Gasteiger partial charge in [-0.3, -0.25) is 0 Å². The van der Waals surface area contributed by atoms with Crippen LogP contribution >= 0.6 is 18.4 Å². The van der Waals surface area contributed by atoms with E-state index in [1.807, 2.05) is 115 Å². The van der Waals surface area contributed by atoms with Crippen LogP contribution in [0.3, 0.4) is 0 Å². The van der Waals surface area contributed by atoms with Crippen molar-refractivity contribution in [3.05, 3.63) is 126 Å². The molecule has 0 aliphatic rings. The molecule has 0 bridgehead atoms. The summed E-state index contributed by atoms with van der Waals surface area (Å²) in [6, 6.07) is 36.7. The third-order valence-corrected chi connectivity index (χ3v) is 13.4. The van der Waals surface area contributed by atoms with Crippen molar-refractivity contribution in [1.82, 2.24) is 0 Å². The second kappa shape index (κ2) is 8.80. The van der Waals surface area contributed by atoms with Crippen molar-refractivity contribution in [2.75, 3.05) is 6.26 Å². The molecule has 0 radical (unpaired) electrons. The molecule has 164 valence electrons. The molecule has 3 nitrogen and oxygen atoms in total. The van der Waals surface area contributed by atoms with Crippen LogP contribution in [0.5, 0.6) is 0 Å². The van der Waals surface area contributed by atoms with E-state index >= 15 is 0 Å². The van der Waals surface area contributed by atoms with Crippen LogP contribution in [0.4, 0.5) is 0 Å². The van der Waals surface area contributed by atoms with Crippen LogP contribution in [0, 0.1) is 0 Å². The summed E-state index contributed by atoms with van der Waals surface area (Å²) in [6.45, 7) is -4.02. The Morgan fingerprint density at radius 3 is 1.38 bits per heavy atom. The van der Waals surface area contributed by atoms with Gasteiger partial charge in [-0.05, 0) is 0 Å². The van der Waals surface area contributed by atoms with Gasteiger partial charge in [-0.15, -0.1) is 0 Å². The van der Waals surface area contributed by atoms with Gasteiger partial charge in [0.15, 0.2) is 0 Å². The van der Waals surface area contributed by atoms with Gasteiger partial charge in [0.25, 0.3) is 0 Å². The standard InChI is InChI=1S/C26H24ClO3PS/c1-32(28,29)30-31(24-11-5-2-6-12-24,25-13-7-3-8-14-25,26-15-9-4-10-16-26)21-22-17-19-23(27)20-18-22/h2-20H,21H2,1H3. The monoisotopic (exact) mass is 482 g/mol. The molecule has 4 aromatic carbocycles. The summed E-state index contributed by atoms with van der Waals surface area (Å²) in [7, 11) is -3.88. The predicted molar refractivity (Wildman–Crippen MR) is 136 cm³/mol. The van der Waals surface area contributed by atoms with Crippen LogP contribution in [0.2, 0.25) is 5.02 Å². The number of hydrogen-bond donors (Lipinski definition) is 0. The number of hydrogen-bond acceptors (Lipinski definition) is 3. The molecule has 0 aliphatic heterocycles. The molecular formula is C26H24ClO3PS. The first-order chi connectivity index (χ1) is 15.3. The average Bonchev–Trinajstić information content (AvgIpc) is 2.81. The van der Waals surface area contributed by atoms with E-state index in [2.05, 4.69) is 0 Å². The fraction of sp³-hybridized carbons (Fsp3) is 0.0769. The summed E-state index contributed by atoms with van der Waals surface area (Å²) in [6.07, 6.45) is 1.50. The van der Waals surface area contributed by atoms with Crippen LogP contribution < -0.4 is 15.9 Å². The first-order valence-electron chi connectivity index (χ1n) is 10.2. The molecule has 4 rings (SSSR count). The van der Waals surface area contributed by atoms with E-state index in [4.69, 9.17) is 15.6 Å². The molecule has 0 spiro atoms. The zero-order valence-electron chi connectivity index (χ0n) is 17.6. The summed E-state index contributed by atoms with van der Waals surface area (Å²) in [4.78, 5) is 0. The number of benzene rings is 4. The van der Waals surface area contributed by atoms with E-state index in [9.17, 15) is 8.42 Å². The molecule has 0 N–H and O–H groups in total. The SMILES string of the molecule is CS(=O)(=O)OP(Cc1ccc(Cl)cc1)(c1ccccc1)(c1ccccc1)c1ccccc1. The molecule has 0 aliphatic carbocycles. The van der Waals surface area contributed by atoms with Crippen molar-refractivity contribution in [2.45, 2.75) is 6.16 Å². The fourth-order valence-electron chi connectivity index (χ4n) is 4.34. The Labute approximate surface area is 194 Å². The minimum absolute atomic E-state index is 0.369. The molecule has 0 amide bonds. The van der Waals surface area contributed by atoms with Gasteiger partial charge >= 0.3 is 195 Å². The Hall–Kier alpha value is -2.49. The molecule has 0 heterocycles. The van der Waals surface area contributed by atoms with E-state index in [-0.39, 0.29) is 0 Å². The molecule has 4 aromatic rings. The number of halogens is 1. The molecule has 6 heteroatoms. The third-order valence-electron chi connectivity index (χ3n) is 5.60. The summed E-state index contributed by atoms with van der Waals surface area (Å²) < 4.78 is 32.5. The molecule has 0 atom stereocenters. The summed E-state index contributed by atoms with van der Waals surface area (Å²) in [5, 5.41) is 3.15. The summed E-state index contributed by atoms with van der Waals surface area (Å²) >= 11 is 6.16. The summed E-state index contributed by atoms with van der Waals surface area (Å²) in [5.74, 6) is 0. The molecule has 0 saturated carbocycles. The third kappa shape index (κ3) is 4.12. The van der Waals surface area contributed by atoms with Crippen LogP contribution in [-0.2, 0) is 20.3 Å². The van der Waals surface area contributed by atoms with Crippen LogP contribution in [0.1, 0.15) is 5.56 Å². The Bertz CT molecular complexity index is 1190.